The van der Waals surface area contributed by atoms with Crippen LogP contribution >= 0.6 is 0 Å². The maximum atomic E-state index is 13.4. The number of carbonyl (C=O) groups is 2. The summed E-state index contributed by atoms with van der Waals surface area (Å²) in [5.41, 5.74) is 0.207. The number of halogens is 3. The molecule has 0 spiro atoms. The molecule has 0 aliphatic carbocycles. The molecule has 0 heterocycles. The molecule has 2 amide bonds. The van der Waals surface area contributed by atoms with E-state index < -0.39 is 41.4 Å². The van der Waals surface area contributed by atoms with E-state index in [9.17, 15) is 22.8 Å². The van der Waals surface area contributed by atoms with Crippen LogP contribution in [0.2, 0.25) is 0 Å². The molecule has 2 N–H and O–H groups in total. The first kappa shape index (κ1) is 16.5. The summed E-state index contributed by atoms with van der Waals surface area (Å²) < 4.78 is 39.3. The minimum absolute atomic E-state index is 0.273. The van der Waals surface area contributed by atoms with E-state index in [1.807, 2.05) is 30.3 Å². The lowest BCUT2D eigenvalue weighted by molar-refractivity contribution is -0.120. The predicted octanol–water partition coefficient (Wildman–Crippen LogP) is 2.15. The highest BCUT2D eigenvalue weighted by atomic mass is 19.2. The number of nitrogens with one attached hydrogen (secondary N) is 2. The summed E-state index contributed by atoms with van der Waals surface area (Å²) in [6, 6.07) is 10.5. The van der Waals surface area contributed by atoms with Crippen LogP contribution in [0.1, 0.15) is 15.9 Å². The highest BCUT2D eigenvalue weighted by molar-refractivity contribution is 5.96. The van der Waals surface area contributed by atoms with Gasteiger partial charge in [0.05, 0.1) is 12.1 Å². The number of benzene rings is 2. The van der Waals surface area contributed by atoms with Gasteiger partial charge in [-0.1, -0.05) is 30.3 Å². The Morgan fingerprint density at radius 3 is 2.26 bits per heavy atom. The first-order chi connectivity index (χ1) is 11.0. The van der Waals surface area contributed by atoms with Gasteiger partial charge in [-0.25, -0.2) is 13.2 Å². The molecule has 23 heavy (non-hydrogen) atoms. The van der Waals surface area contributed by atoms with E-state index >= 15 is 0 Å². The Hall–Kier alpha value is -2.83. The average Bonchev–Trinajstić information content (AvgIpc) is 2.57. The lowest BCUT2D eigenvalue weighted by Gasteiger charge is -2.08. The van der Waals surface area contributed by atoms with Crippen LogP contribution in [-0.2, 0) is 11.3 Å². The summed E-state index contributed by atoms with van der Waals surface area (Å²) in [4.78, 5) is 23.3. The molecule has 0 saturated carbocycles. The van der Waals surface area contributed by atoms with Gasteiger partial charge in [0, 0.05) is 6.54 Å². The van der Waals surface area contributed by atoms with E-state index in [2.05, 4.69) is 10.6 Å². The highest BCUT2D eigenvalue weighted by Crippen LogP contribution is 2.14. The zero-order chi connectivity index (χ0) is 16.8. The van der Waals surface area contributed by atoms with Crippen LogP contribution in [0, 0.1) is 17.5 Å². The highest BCUT2D eigenvalue weighted by Gasteiger charge is 2.19. The van der Waals surface area contributed by atoms with Crippen LogP contribution in [0.3, 0.4) is 0 Å². The third-order valence-electron chi connectivity index (χ3n) is 3.02. The van der Waals surface area contributed by atoms with Gasteiger partial charge >= 0.3 is 0 Å². The second kappa shape index (κ2) is 7.44. The third-order valence-corrected chi connectivity index (χ3v) is 3.02. The van der Waals surface area contributed by atoms with Gasteiger partial charge in [-0.2, -0.15) is 0 Å². The molecule has 0 bridgehead atoms. The van der Waals surface area contributed by atoms with Gasteiger partial charge in [0.25, 0.3) is 5.91 Å². The van der Waals surface area contributed by atoms with E-state index in [1.165, 1.54) is 0 Å². The van der Waals surface area contributed by atoms with E-state index in [-0.39, 0.29) is 6.54 Å². The van der Waals surface area contributed by atoms with Crippen LogP contribution in [0.25, 0.3) is 0 Å². The summed E-state index contributed by atoms with van der Waals surface area (Å²) >= 11 is 0. The van der Waals surface area contributed by atoms with Crippen molar-refractivity contribution in [1.82, 2.24) is 10.6 Å². The van der Waals surface area contributed by atoms with Gasteiger partial charge in [0.15, 0.2) is 17.5 Å². The molecular formula is C16H13F3N2O2. The van der Waals surface area contributed by atoms with Crippen LogP contribution < -0.4 is 10.6 Å². The fourth-order valence-corrected chi connectivity index (χ4v) is 1.82. The maximum Gasteiger partial charge on any atom is 0.254 e. The summed E-state index contributed by atoms with van der Waals surface area (Å²) in [6.45, 7) is -0.140. The van der Waals surface area contributed by atoms with Gasteiger partial charge in [0.2, 0.25) is 5.91 Å². The normalized spacial score (nSPS) is 10.2. The number of amides is 2. The summed E-state index contributed by atoms with van der Waals surface area (Å²) in [6.07, 6.45) is 0. The molecule has 120 valence electrons. The maximum absolute atomic E-state index is 13.4. The number of hydrogen-bond donors (Lipinski definition) is 2. The first-order valence-electron chi connectivity index (χ1n) is 6.71. The predicted molar refractivity (Wildman–Crippen MR) is 76.9 cm³/mol. The lowest BCUT2D eigenvalue weighted by atomic mass is 10.2. The molecule has 0 aliphatic rings. The lowest BCUT2D eigenvalue weighted by Crippen LogP contribution is -2.37. The van der Waals surface area contributed by atoms with E-state index in [4.69, 9.17) is 0 Å². The summed E-state index contributed by atoms with van der Waals surface area (Å²) in [5.74, 6) is -6.21. The van der Waals surface area contributed by atoms with Crippen molar-refractivity contribution in [2.45, 2.75) is 6.54 Å². The third kappa shape index (κ3) is 4.32. The molecule has 0 saturated heterocycles. The number of rotatable bonds is 5. The topological polar surface area (TPSA) is 58.2 Å². The molecule has 0 radical (unpaired) electrons. The van der Waals surface area contributed by atoms with E-state index in [0.717, 1.165) is 11.6 Å². The summed E-state index contributed by atoms with van der Waals surface area (Å²) in [7, 11) is 0. The Kier molecular flexibility index (Phi) is 5.35. The van der Waals surface area contributed by atoms with Crippen molar-refractivity contribution in [3.8, 4) is 0 Å². The van der Waals surface area contributed by atoms with Crippen LogP contribution in [0.4, 0.5) is 13.2 Å². The Morgan fingerprint density at radius 2 is 1.57 bits per heavy atom. The quantitative estimate of drug-likeness (QED) is 0.829. The van der Waals surface area contributed by atoms with Crippen LogP contribution in [0.5, 0.6) is 0 Å². The number of carbonyl (C=O) groups excluding carboxylic acids is 2. The summed E-state index contributed by atoms with van der Waals surface area (Å²) in [5, 5.41) is 4.70. The fraction of sp³-hybridized carbons (Fsp3) is 0.125. The van der Waals surface area contributed by atoms with Crippen molar-refractivity contribution in [2.75, 3.05) is 6.54 Å². The molecule has 4 nitrogen and oxygen atoms in total. The molecular weight excluding hydrogens is 309 g/mol. The molecule has 7 heteroatoms. The Bertz CT molecular complexity index is 721. The van der Waals surface area contributed by atoms with Gasteiger partial charge in [-0.15, -0.1) is 0 Å². The number of hydrogen-bond acceptors (Lipinski definition) is 2. The zero-order valence-electron chi connectivity index (χ0n) is 11.9. The van der Waals surface area contributed by atoms with E-state index in [1.54, 1.807) is 0 Å². The van der Waals surface area contributed by atoms with Gasteiger partial charge in [-0.05, 0) is 17.7 Å². The zero-order valence-corrected chi connectivity index (χ0v) is 11.9. The van der Waals surface area contributed by atoms with E-state index in [0.29, 0.717) is 6.07 Å². The molecule has 2 aromatic carbocycles. The first-order valence-corrected chi connectivity index (χ1v) is 6.71. The molecule has 0 aliphatic heterocycles. The van der Waals surface area contributed by atoms with Crippen LogP contribution in [-0.4, -0.2) is 18.4 Å². The minimum Gasteiger partial charge on any atom is -0.350 e. The largest absolute Gasteiger partial charge is 0.350 e. The smallest absolute Gasteiger partial charge is 0.254 e. The van der Waals surface area contributed by atoms with Crippen LogP contribution in [0.15, 0.2) is 42.5 Å². The van der Waals surface area contributed by atoms with Crippen molar-refractivity contribution in [1.29, 1.82) is 0 Å². The molecule has 0 fully saturated rings. The van der Waals surface area contributed by atoms with Crippen molar-refractivity contribution in [2.24, 2.45) is 0 Å². The Morgan fingerprint density at radius 1 is 0.870 bits per heavy atom. The van der Waals surface area contributed by atoms with Gasteiger partial charge in [-0.3, -0.25) is 9.59 Å². The average molecular weight is 322 g/mol. The van der Waals surface area contributed by atoms with Gasteiger partial charge in [0.1, 0.15) is 0 Å². The fourth-order valence-electron chi connectivity index (χ4n) is 1.82. The van der Waals surface area contributed by atoms with Crippen molar-refractivity contribution < 1.29 is 22.8 Å². The minimum atomic E-state index is -1.73. The molecule has 2 rings (SSSR count). The molecule has 0 unspecified atom stereocenters. The SMILES string of the molecule is O=C(CNC(=O)c1ccc(F)c(F)c1F)NCc1ccccc1. The van der Waals surface area contributed by atoms with Crippen molar-refractivity contribution in [3.05, 3.63) is 71.0 Å². The van der Waals surface area contributed by atoms with Crippen molar-refractivity contribution in [3.63, 3.8) is 0 Å². The second-order valence-corrected chi connectivity index (χ2v) is 4.67. The molecule has 0 aromatic heterocycles. The second-order valence-electron chi connectivity index (χ2n) is 4.67. The molecule has 0 atom stereocenters. The Labute approximate surface area is 130 Å². The standard InChI is InChI=1S/C16H13F3N2O2/c17-12-7-6-11(14(18)15(12)19)16(23)21-9-13(22)20-8-10-4-2-1-3-5-10/h1-7H,8-9H2,(H,20,22)(H,21,23). The monoisotopic (exact) mass is 322 g/mol. The van der Waals surface area contributed by atoms with Crippen molar-refractivity contribution >= 4 is 11.8 Å². The molecule has 2 aromatic rings. The Balaban J connectivity index is 1.87. The van der Waals surface area contributed by atoms with Gasteiger partial charge < -0.3 is 10.6 Å².